The summed E-state index contributed by atoms with van der Waals surface area (Å²) in [6.07, 6.45) is 0. The molecule has 4 heteroatoms. The number of benzene rings is 11. The van der Waals surface area contributed by atoms with Crippen LogP contribution in [0.5, 0.6) is 0 Å². The Morgan fingerprint density at radius 1 is 0.250 bits per heavy atom. The summed E-state index contributed by atoms with van der Waals surface area (Å²) in [6, 6.07) is 87.1. The summed E-state index contributed by atoms with van der Waals surface area (Å²) in [6.45, 7) is 0. The van der Waals surface area contributed by atoms with E-state index in [1.54, 1.807) is 0 Å². The van der Waals surface area contributed by atoms with Crippen LogP contribution in [0.2, 0.25) is 0 Å². The summed E-state index contributed by atoms with van der Waals surface area (Å²) >= 11 is 0. The van der Waals surface area contributed by atoms with Crippen LogP contribution in [0, 0.1) is 11.3 Å². The lowest BCUT2D eigenvalue weighted by atomic mass is 9.87. The van der Waals surface area contributed by atoms with Gasteiger partial charge in [-0.1, -0.05) is 212 Å². The molecule has 0 atom stereocenters. The lowest BCUT2D eigenvalue weighted by molar-refractivity contribution is 1.07. The standard InChI is InChI=1S/C64H40N4/c65-41-42-29-36-58(55-25-10-8-22-52(55)44-31-33-45(34-32-44)61-40-49-19-6-7-23-53(49)56-26-11-12-27-57(56)61)60(37-42)48-20-14-21-51(39-48)63-66-62(46-16-2-1-3-17-46)67-64(68-63)59-28-13-9-24-54(59)50-35-30-43-15-4-5-18-47(43)38-50/h1-40H. The molecule has 0 radical (unpaired) electrons. The minimum absolute atomic E-state index is 0.557. The monoisotopic (exact) mass is 864 g/mol. The summed E-state index contributed by atoms with van der Waals surface area (Å²) in [5.74, 6) is 1.73. The van der Waals surface area contributed by atoms with Gasteiger partial charge in [0, 0.05) is 16.7 Å². The van der Waals surface area contributed by atoms with Crippen LogP contribution in [0.15, 0.2) is 243 Å². The van der Waals surface area contributed by atoms with Crippen molar-refractivity contribution in [2.45, 2.75) is 0 Å². The molecule has 4 nitrogen and oxygen atoms in total. The topological polar surface area (TPSA) is 62.5 Å². The summed E-state index contributed by atoms with van der Waals surface area (Å²) < 4.78 is 0. The zero-order chi connectivity index (χ0) is 45.4. The molecule has 0 aliphatic heterocycles. The molecule has 0 saturated heterocycles. The zero-order valence-electron chi connectivity index (χ0n) is 36.9. The molecule has 0 amide bonds. The maximum absolute atomic E-state index is 10.2. The first-order valence-electron chi connectivity index (χ1n) is 22.8. The Morgan fingerprint density at radius 2 is 0.765 bits per heavy atom. The molecular formula is C64H40N4. The molecule has 0 aliphatic carbocycles. The van der Waals surface area contributed by atoms with Crippen molar-refractivity contribution in [2.75, 3.05) is 0 Å². The highest BCUT2D eigenvalue weighted by Crippen LogP contribution is 2.42. The largest absolute Gasteiger partial charge is 0.208 e. The molecule has 11 aromatic carbocycles. The second-order valence-corrected chi connectivity index (χ2v) is 17.0. The molecule has 12 aromatic rings. The van der Waals surface area contributed by atoms with Crippen molar-refractivity contribution in [3.63, 3.8) is 0 Å². The summed E-state index contributed by atoms with van der Waals surface area (Å²) in [5.41, 5.74) is 13.9. The molecule has 12 rings (SSSR count). The lowest BCUT2D eigenvalue weighted by Crippen LogP contribution is -2.01. The predicted molar refractivity (Wildman–Crippen MR) is 281 cm³/mol. The Kier molecular flexibility index (Phi) is 10.2. The first-order chi connectivity index (χ1) is 33.6. The highest BCUT2D eigenvalue weighted by Gasteiger charge is 2.19. The third-order valence-corrected chi connectivity index (χ3v) is 13.0. The molecule has 0 fully saturated rings. The fourth-order valence-electron chi connectivity index (χ4n) is 9.63. The van der Waals surface area contributed by atoms with Gasteiger partial charge in [0.05, 0.1) is 11.6 Å². The normalized spacial score (nSPS) is 11.2. The summed E-state index contributed by atoms with van der Waals surface area (Å²) in [4.78, 5) is 15.5. The van der Waals surface area contributed by atoms with Crippen LogP contribution < -0.4 is 0 Å². The first kappa shape index (κ1) is 40.2. The van der Waals surface area contributed by atoms with Crippen molar-refractivity contribution in [3.8, 4) is 95.9 Å². The Hall–Kier alpha value is -9.30. The number of hydrogen-bond acceptors (Lipinski definition) is 4. The van der Waals surface area contributed by atoms with E-state index >= 15 is 0 Å². The molecule has 0 unspecified atom stereocenters. The molecule has 1 aromatic heterocycles. The third kappa shape index (κ3) is 7.45. The van der Waals surface area contributed by atoms with E-state index < -0.39 is 0 Å². The van der Waals surface area contributed by atoms with E-state index in [-0.39, 0.29) is 0 Å². The molecule has 1 heterocycles. The summed E-state index contributed by atoms with van der Waals surface area (Å²) in [7, 11) is 0. The van der Waals surface area contributed by atoms with Crippen molar-refractivity contribution in [1.82, 2.24) is 15.0 Å². The van der Waals surface area contributed by atoms with Gasteiger partial charge in [0.15, 0.2) is 17.5 Å². The van der Waals surface area contributed by atoms with Gasteiger partial charge >= 0.3 is 0 Å². The van der Waals surface area contributed by atoms with Crippen molar-refractivity contribution in [2.24, 2.45) is 0 Å². The van der Waals surface area contributed by atoms with E-state index in [4.69, 9.17) is 15.0 Å². The van der Waals surface area contributed by atoms with E-state index in [2.05, 4.69) is 194 Å². The van der Waals surface area contributed by atoms with Gasteiger partial charge in [0.2, 0.25) is 0 Å². The van der Waals surface area contributed by atoms with Gasteiger partial charge in [-0.2, -0.15) is 5.26 Å². The van der Waals surface area contributed by atoms with Crippen LogP contribution >= 0.6 is 0 Å². The van der Waals surface area contributed by atoms with Crippen LogP contribution in [0.25, 0.3) is 122 Å². The van der Waals surface area contributed by atoms with Gasteiger partial charge in [-0.05, 0) is 118 Å². The average Bonchev–Trinajstić information content (AvgIpc) is 3.42. The van der Waals surface area contributed by atoms with Crippen LogP contribution in [-0.4, -0.2) is 15.0 Å². The highest BCUT2D eigenvalue weighted by atomic mass is 15.0. The zero-order valence-corrected chi connectivity index (χ0v) is 36.9. The van der Waals surface area contributed by atoms with Crippen LogP contribution in [-0.2, 0) is 0 Å². The van der Waals surface area contributed by atoms with Gasteiger partial charge in [-0.15, -0.1) is 0 Å². The number of nitriles is 1. The second kappa shape index (κ2) is 17.2. The smallest absolute Gasteiger partial charge is 0.164 e. The van der Waals surface area contributed by atoms with Gasteiger partial charge in [-0.3, -0.25) is 0 Å². The number of rotatable bonds is 8. The van der Waals surface area contributed by atoms with E-state index in [9.17, 15) is 5.26 Å². The molecular weight excluding hydrogens is 825 g/mol. The molecule has 316 valence electrons. The lowest BCUT2D eigenvalue weighted by Gasteiger charge is -2.17. The Bertz CT molecular complexity index is 3920. The minimum atomic E-state index is 0.557. The molecule has 0 spiro atoms. The molecule has 0 saturated carbocycles. The van der Waals surface area contributed by atoms with Crippen molar-refractivity contribution >= 4 is 32.3 Å². The minimum Gasteiger partial charge on any atom is -0.208 e. The Morgan fingerprint density at radius 3 is 1.53 bits per heavy atom. The van der Waals surface area contributed by atoms with E-state index in [1.807, 2.05) is 54.6 Å². The van der Waals surface area contributed by atoms with Crippen molar-refractivity contribution in [3.05, 3.63) is 248 Å². The number of nitrogens with zero attached hydrogens (tertiary/aromatic N) is 4. The second-order valence-electron chi connectivity index (χ2n) is 17.0. The number of aromatic nitrogens is 3. The van der Waals surface area contributed by atoms with Gasteiger partial charge in [-0.25, -0.2) is 15.0 Å². The van der Waals surface area contributed by atoms with E-state index in [0.29, 0.717) is 23.0 Å². The van der Waals surface area contributed by atoms with E-state index in [1.165, 1.54) is 37.9 Å². The first-order valence-corrected chi connectivity index (χ1v) is 22.8. The number of fused-ring (bicyclic) bond motifs is 4. The average molecular weight is 865 g/mol. The highest BCUT2D eigenvalue weighted by molar-refractivity contribution is 6.13. The fourth-order valence-corrected chi connectivity index (χ4v) is 9.63. The Balaban J connectivity index is 0.956. The fraction of sp³-hybridized carbons (Fsp3) is 0. The van der Waals surface area contributed by atoms with Crippen molar-refractivity contribution in [1.29, 1.82) is 5.26 Å². The van der Waals surface area contributed by atoms with E-state index in [0.717, 1.165) is 66.8 Å². The maximum atomic E-state index is 10.2. The maximum Gasteiger partial charge on any atom is 0.164 e. The van der Waals surface area contributed by atoms with Gasteiger partial charge < -0.3 is 0 Å². The molecule has 68 heavy (non-hydrogen) atoms. The predicted octanol–water partition coefficient (Wildman–Crippen LogP) is 16.5. The van der Waals surface area contributed by atoms with Crippen molar-refractivity contribution < 1.29 is 0 Å². The van der Waals surface area contributed by atoms with Crippen LogP contribution in [0.3, 0.4) is 0 Å². The Labute approximate surface area is 394 Å². The SMILES string of the molecule is N#Cc1ccc(-c2ccccc2-c2ccc(-c3cc4ccccc4c4ccccc34)cc2)c(-c2cccc(-c3nc(-c4ccccc4)nc(-c4ccccc4-c4ccc5ccccc5c4)n3)c2)c1. The summed E-state index contributed by atoms with van der Waals surface area (Å²) in [5, 5.41) is 17.6. The molecule has 0 aliphatic rings. The molecule has 0 bridgehead atoms. The number of hydrogen-bond donors (Lipinski definition) is 0. The quantitative estimate of drug-likeness (QED) is 0.143. The third-order valence-electron chi connectivity index (χ3n) is 13.0. The van der Waals surface area contributed by atoms with Gasteiger partial charge in [0.1, 0.15) is 0 Å². The van der Waals surface area contributed by atoms with Crippen LogP contribution in [0.1, 0.15) is 5.56 Å². The van der Waals surface area contributed by atoms with Gasteiger partial charge in [0.25, 0.3) is 0 Å². The van der Waals surface area contributed by atoms with Crippen LogP contribution in [0.4, 0.5) is 0 Å². The molecule has 0 N–H and O–H groups in total.